The summed E-state index contributed by atoms with van der Waals surface area (Å²) in [7, 11) is 0. The Bertz CT molecular complexity index is 516. The lowest BCUT2D eigenvalue weighted by Crippen LogP contribution is -2.42. The third-order valence-electron chi connectivity index (χ3n) is 6.62. The summed E-state index contributed by atoms with van der Waals surface area (Å²) in [4.78, 5) is 12.5. The average molecular weight is 352 g/mol. The fraction of sp³-hybridized carbons (Fsp3) is 0.850. The van der Waals surface area contributed by atoms with Gasteiger partial charge in [0.2, 0.25) is 0 Å². The van der Waals surface area contributed by atoms with E-state index in [9.17, 15) is 20.1 Å². The van der Waals surface area contributed by atoms with Gasteiger partial charge in [-0.2, -0.15) is 0 Å². The van der Waals surface area contributed by atoms with Crippen LogP contribution in [0.1, 0.15) is 64.7 Å². The summed E-state index contributed by atoms with van der Waals surface area (Å²) < 4.78 is 6.20. The molecule has 3 aliphatic rings. The molecule has 0 radical (unpaired) electrons. The molecule has 5 nitrogen and oxygen atoms in total. The average Bonchev–Trinajstić information content (AvgIpc) is 2.73. The van der Waals surface area contributed by atoms with E-state index in [-0.39, 0.29) is 24.4 Å². The Labute approximate surface area is 150 Å². The number of aliphatic hydroxyl groups is 3. The van der Waals surface area contributed by atoms with E-state index in [2.05, 4.69) is 6.92 Å². The van der Waals surface area contributed by atoms with E-state index in [1.807, 2.05) is 0 Å². The molecule has 0 saturated heterocycles. The zero-order valence-electron chi connectivity index (χ0n) is 15.2. The van der Waals surface area contributed by atoms with Gasteiger partial charge in [0.25, 0.3) is 0 Å². The highest BCUT2D eigenvalue weighted by molar-refractivity contribution is 5.96. The van der Waals surface area contributed by atoms with Crippen molar-refractivity contribution >= 4 is 5.78 Å². The molecule has 142 valence electrons. The Balaban J connectivity index is 1.62. The lowest BCUT2D eigenvalue weighted by molar-refractivity contribution is -0.131. The van der Waals surface area contributed by atoms with Crippen molar-refractivity contribution in [3.63, 3.8) is 0 Å². The van der Waals surface area contributed by atoms with Crippen molar-refractivity contribution < 1.29 is 24.9 Å². The normalized spacial score (nSPS) is 41.8. The van der Waals surface area contributed by atoms with Gasteiger partial charge in [-0.1, -0.05) is 26.2 Å². The second-order valence-electron chi connectivity index (χ2n) is 8.33. The third kappa shape index (κ3) is 4.33. The first-order valence-corrected chi connectivity index (χ1v) is 9.84. The summed E-state index contributed by atoms with van der Waals surface area (Å²) in [5.41, 5.74) is 0.148. The molecule has 3 aliphatic carbocycles. The molecule has 0 aromatic heterocycles. The van der Waals surface area contributed by atoms with Gasteiger partial charge in [0.05, 0.1) is 11.7 Å². The van der Waals surface area contributed by atoms with Gasteiger partial charge in [0.15, 0.2) is 5.78 Å². The number of fused-ring (bicyclic) bond motifs is 2. The minimum Gasteiger partial charge on any atom is -0.390 e. The SMILES string of the molecule is CC[C@]1(OCC(=O)C2=CC(O)C(O)C(O)C2)CC[C@H]2CCC[C@H](C2)C1. The first kappa shape index (κ1) is 19.0. The molecule has 2 bridgehead atoms. The molecule has 3 rings (SSSR count). The van der Waals surface area contributed by atoms with Crippen molar-refractivity contribution in [3.05, 3.63) is 11.6 Å². The van der Waals surface area contributed by atoms with Crippen LogP contribution in [0, 0.1) is 11.8 Å². The quantitative estimate of drug-likeness (QED) is 0.705. The largest absolute Gasteiger partial charge is 0.390 e. The first-order chi connectivity index (χ1) is 11.9. The second-order valence-corrected chi connectivity index (χ2v) is 8.33. The Morgan fingerprint density at radius 2 is 2.00 bits per heavy atom. The topological polar surface area (TPSA) is 87.0 Å². The molecule has 5 heteroatoms. The Morgan fingerprint density at radius 1 is 1.24 bits per heavy atom. The van der Waals surface area contributed by atoms with E-state index in [1.165, 1.54) is 38.2 Å². The van der Waals surface area contributed by atoms with Crippen LogP contribution < -0.4 is 0 Å². The first-order valence-electron chi connectivity index (χ1n) is 9.84. The fourth-order valence-electron chi connectivity index (χ4n) is 4.96. The molecule has 0 spiro atoms. The van der Waals surface area contributed by atoms with Crippen molar-refractivity contribution in [1.82, 2.24) is 0 Å². The van der Waals surface area contributed by atoms with Gasteiger partial charge in [-0.15, -0.1) is 0 Å². The molecule has 0 aliphatic heterocycles. The van der Waals surface area contributed by atoms with Crippen molar-refractivity contribution in [2.45, 2.75) is 88.6 Å². The monoisotopic (exact) mass is 352 g/mol. The number of ketones is 1. The number of hydrogen-bond acceptors (Lipinski definition) is 5. The zero-order chi connectivity index (χ0) is 18.0. The molecule has 0 aromatic carbocycles. The number of carbonyl (C=O) groups is 1. The number of aliphatic hydroxyl groups excluding tert-OH is 3. The number of ether oxygens (including phenoxy) is 1. The van der Waals surface area contributed by atoms with Crippen molar-refractivity contribution in [3.8, 4) is 0 Å². The summed E-state index contributed by atoms with van der Waals surface area (Å²) in [6.45, 7) is 2.14. The number of rotatable bonds is 5. The molecule has 6 atom stereocenters. The van der Waals surface area contributed by atoms with Crippen molar-refractivity contribution in [1.29, 1.82) is 0 Å². The van der Waals surface area contributed by atoms with Gasteiger partial charge in [-0.25, -0.2) is 0 Å². The lowest BCUT2D eigenvalue weighted by Gasteiger charge is -2.35. The molecule has 25 heavy (non-hydrogen) atoms. The van der Waals surface area contributed by atoms with Gasteiger partial charge >= 0.3 is 0 Å². The second kappa shape index (κ2) is 7.87. The van der Waals surface area contributed by atoms with Crippen LogP contribution in [-0.2, 0) is 9.53 Å². The van der Waals surface area contributed by atoms with Gasteiger partial charge < -0.3 is 20.1 Å². The van der Waals surface area contributed by atoms with Crippen LogP contribution in [0.4, 0.5) is 0 Å². The molecular weight excluding hydrogens is 320 g/mol. The highest BCUT2D eigenvalue weighted by Crippen LogP contribution is 2.44. The van der Waals surface area contributed by atoms with E-state index in [1.54, 1.807) is 0 Å². The van der Waals surface area contributed by atoms with E-state index in [0.29, 0.717) is 11.5 Å². The molecule has 0 amide bonds. The number of carbonyl (C=O) groups excluding carboxylic acids is 1. The molecular formula is C20H32O5. The predicted molar refractivity (Wildman–Crippen MR) is 94.0 cm³/mol. The summed E-state index contributed by atoms with van der Waals surface area (Å²) in [6.07, 6.45) is 7.30. The minimum atomic E-state index is -1.22. The van der Waals surface area contributed by atoms with Gasteiger partial charge in [-0.05, 0) is 55.6 Å². The maximum atomic E-state index is 12.5. The molecule has 0 heterocycles. The number of hydrogen-bond donors (Lipinski definition) is 3. The zero-order valence-corrected chi connectivity index (χ0v) is 15.2. The van der Waals surface area contributed by atoms with Crippen LogP contribution in [0.3, 0.4) is 0 Å². The van der Waals surface area contributed by atoms with E-state index in [4.69, 9.17) is 4.74 Å². The number of Topliss-reactive ketones (excluding diaryl/α,β-unsaturated/α-hetero) is 1. The Hall–Kier alpha value is -0.750. The summed E-state index contributed by atoms with van der Waals surface area (Å²) >= 11 is 0. The van der Waals surface area contributed by atoms with E-state index < -0.39 is 18.3 Å². The van der Waals surface area contributed by atoms with Crippen molar-refractivity contribution in [2.24, 2.45) is 11.8 Å². The lowest BCUT2D eigenvalue weighted by atomic mass is 9.79. The summed E-state index contributed by atoms with van der Waals surface area (Å²) in [5.74, 6) is 1.34. The van der Waals surface area contributed by atoms with Crippen LogP contribution in [0.25, 0.3) is 0 Å². The molecule has 0 aromatic rings. The summed E-state index contributed by atoms with van der Waals surface area (Å²) in [6, 6.07) is 0. The molecule has 3 N–H and O–H groups in total. The van der Waals surface area contributed by atoms with Gasteiger partial charge in [0.1, 0.15) is 18.8 Å². The van der Waals surface area contributed by atoms with Crippen molar-refractivity contribution in [2.75, 3.05) is 6.61 Å². The fourth-order valence-corrected chi connectivity index (χ4v) is 4.96. The predicted octanol–water partition coefficient (Wildman–Crippen LogP) is 2.12. The Kier molecular flexibility index (Phi) is 5.99. The minimum absolute atomic E-state index is 0.00735. The van der Waals surface area contributed by atoms with Crippen LogP contribution in [0.15, 0.2) is 11.6 Å². The molecule has 2 fully saturated rings. The van der Waals surface area contributed by atoms with E-state index >= 15 is 0 Å². The third-order valence-corrected chi connectivity index (χ3v) is 6.62. The molecule has 2 saturated carbocycles. The van der Waals surface area contributed by atoms with Gasteiger partial charge in [-0.3, -0.25) is 4.79 Å². The highest BCUT2D eigenvalue weighted by Gasteiger charge is 2.39. The summed E-state index contributed by atoms with van der Waals surface area (Å²) in [5, 5.41) is 29.1. The molecule has 3 unspecified atom stereocenters. The standard InChI is InChI=1S/C20H32O5/c1-2-20(7-6-13-4-3-5-14(8-13)11-20)25-12-18(23)15-9-16(21)19(24)17(22)10-15/h9,13-14,16-17,19,21-22,24H,2-8,10-12H2,1H3/t13-,14-,16?,17?,19?,20+/m1/s1. The van der Waals surface area contributed by atoms with Crippen LogP contribution in [0.2, 0.25) is 0 Å². The van der Waals surface area contributed by atoms with E-state index in [0.717, 1.165) is 25.2 Å². The van der Waals surface area contributed by atoms with Crippen LogP contribution in [0.5, 0.6) is 0 Å². The maximum absolute atomic E-state index is 12.5. The van der Waals surface area contributed by atoms with Gasteiger partial charge in [0, 0.05) is 6.42 Å². The highest BCUT2D eigenvalue weighted by atomic mass is 16.5. The maximum Gasteiger partial charge on any atom is 0.184 e. The Morgan fingerprint density at radius 3 is 2.72 bits per heavy atom. The smallest absolute Gasteiger partial charge is 0.184 e. The van der Waals surface area contributed by atoms with Crippen LogP contribution >= 0.6 is 0 Å². The van der Waals surface area contributed by atoms with Crippen LogP contribution in [-0.4, -0.2) is 51.6 Å².